The Hall–Kier alpha value is -3.17. The Morgan fingerprint density at radius 2 is 2.09 bits per heavy atom. The molecule has 2 heterocycles. The van der Waals surface area contributed by atoms with Crippen LogP contribution in [0.5, 0.6) is 5.75 Å². The fourth-order valence-electron chi connectivity index (χ4n) is 3.80. The zero-order chi connectivity index (χ0) is 23.4. The third-order valence-corrected chi connectivity index (χ3v) is 5.47. The van der Waals surface area contributed by atoms with Gasteiger partial charge < -0.3 is 15.4 Å². The Morgan fingerprint density at radius 1 is 1.31 bits per heavy atom. The number of carbonyl (C=O) groups excluding carboxylic acids is 2. The van der Waals surface area contributed by atoms with Crippen molar-refractivity contribution in [1.82, 2.24) is 15.6 Å². The van der Waals surface area contributed by atoms with E-state index in [9.17, 15) is 27.2 Å². The van der Waals surface area contributed by atoms with E-state index in [1.165, 1.54) is 43.6 Å². The van der Waals surface area contributed by atoms with Crippen molar-refractivity contribution in [3.63, 3.8) is 0 Å². The smallest absolute Gasteiger partial charge is 0.414 e. The van der Waals surface area contributed by atoms with E-state index in [0.29, 0.717) is 17.7 Å². The van der Waals surface area contributed by atoms with E-state index in [0.717, 1.165) is 0 Å². The molecule has 1 aliphatic rings. The molecule has 0 bridgehead atoms. The normalized spacial score (nSPS) is 19.3. The Balaban J connectivity index is 1.71. The molecule has 2 N–H and O–H groups in total. The maximum Gasteiger partial charge on any atom is 0.414 e. The van der Waals surface area contributed by atoms with Crippen molar-refractivity contribution in [1.29, 1.82) is 0 Å². The van der Waals surface area contributed by atoms with Crippen LogP contribution in [0.3, 0.4) is 0 Å². The predicted octanol–water partition coefficient (Wildman–Crippen LogP) is 3.62. The van der Waals surface area contributed by atoms with Crippen LogP contribution in [0.15, 0.2) is 42.6 Å². The number of halogens is 4. The number of benzene rings is 1. The second kappa shape index (κ2) is 9.54. The SMILES string of the molecule is COc1ccc(C[C@]2(CCC(=O)N[C@H](c3ccccn3)C(F)(F)F)CCC(=O)N2)c(F)c1. The lowest BCUT2D eigenvalue weighted by Gasteiger charge is -2.30. The highest BCUT2D eigenvalue weighted by Gasteiger charge is 2.43. The second-order valence-electron chi connectivity index (χ2n) is 7.76. The van der Waals surface area contributed by atoms with Crippen molar-refractivity contribution in [2.75, 3.05) is 7.11 Å². The summed E-state index contributed by atoms with van der Waals surface area (Å²) in [6.45, 7) is 0. The first-order valence-corrected chi connectivity index (χ1v) is 10.0. The molecule has 3 rings (SSSR count). The number of alkyl halides is 3. The number of amides is 2. The van der Waals surface area contributed by atoms with Gasteiger partial charge in [0.2, 0.25) is 11.8 Å². The number of ether oxygens (including phenoxy) is 1. The number of rotatable bonds is 8. The van der Waals surface area contributed by atoms with Crippen LogP contribution >= 0.6 is 0 Å². The van der Waals surface area contributed by atoms with E-state index in [4.69, 9.17) is 4.74 Å². The summed E-state index contributed by atoms with van der Waals surface area (Å²) >= 11 is 0. The molecule has 2 atom stereocenters. The van der Waals surface area contributed by atoms with Crippen LogP contribution in [0, 0.1) is 5.82 Å². The fourth-order valence-corrected chi connectivity index (χ4v) is 3.80. The summed E-state index contributed by atoms with van der Waals surface area (Å²) in [5.74, 6) is -1.28. The van der Waals surface area contributed by atoms with Crippen LogP contribution in [-0.2, 0) is 16.0 Å². The predicted molar refractivity (Wildman–Crippen MR) is 107 cm³/mol. The molecular formula is C22H23F4N3O3. The third kappa shape index (κ3) is 5.74. The molecule has 2 aromatic rings. The molecule has 1 saturated heterocycles. The van der Waals surface area contributed by atoms with Crippen molar-refractivity contribution < 1.29 is 31.9 Å². The van der Waals surface area contributed by atoms with Crippen molar-refractivity contribution in [3.05, 3.63) is 59.7 Å². The minimum absolute atomic E-state index is 0.0584. The van der Waals surface area contributed by atoms with Gasteiger partial charge >= 0.3 is 6.18 Å². The van der Waals surface area contributed by atoms with E-state index in [1.807, 2.05) is 5.32 Å². The first kappa shape index (κ1) is 23.5. The topological polar surface area (TPSA) is 80.3 Å². The zero-order valence-corrected chi connectivity index (χ0v) is 17.3. The van der Waals surface area contributed by atoms with Gasteiger partial charge in [0.25, 0.3) is 0 Å². The maximum atomic E-state index is 14.4. The van der Waals surface area contributed by atoms with Crippen molar-refractivity contribution in [2.45, 2.75) is 49.9 Å². The van der Waals surface area contributed by atoms with E-state index in [1.54, 1.807) is 6.07 Å². The molecule has 172 valence electrons. The summed E-state index contributed by atoms with van der Waals surface area (Å²) in [6, 6.07) is 6.14. The molecule has 6 nitrogen and oxygen atoms in total. The van der Waals surface area contributed by atoms with Crippen molar-refractivity contribution >= 4 is 11.8 Å². The number of nitrogens with one attached hydrogen (secondary N) is 2. The minimum Gasteiger partial charge on any atom is -0.497 e. The van der Waals surface area contributed by atoms with Gasteiger partial charge in [0.15, 0.2) is 6.04 Å². The maximum absolute atomic E-state index is 14.4. The van der Waals surface area contributed by atoms with Gasteiger partial charge in [-0.25, -0.2) is 4.39 Å². The molecule has 0 unspecified atom stereocenters. The molecule has 2 amide bonds. The number of nitrogens with zero attached hydrogens (tertiary/aromatic N) is 1. The number of carbonyl (C=O) groups is 2. The highest BCUT2D eigenvalue weighted by atomic mass is 19.4. The highest BCUT2D eigenvalue weighted by molar-refractivity contribution is 5.80. The molecular weight excluding hydrogens is 430 g/mol. The van der Waals surface area contributed by atoms with E-state index in [2.05, 4.69) is 10.3 Å². The Labute approximate surface area is 182 Å². The molecule has 0 saturated carbocycles. The van der Waals surface area contributed by atoms with Crippen LogP contribution < -0.4 is 15.4 Å². The minimum atomic E-state index is -4.73. The van der Waals surface area contributed by atoms with E-state index < -0.39 is 29.5 Å². The number of aromatic nitrogens is 1. The van der Waals surface area contributed by atoms with Gasteiger partial charge in [0.1, 0.15) is 11.6 Å². The lowest BCUT2D eigenvalue weighted by atomic mass is 9.84. The first-order chi connectivity index (χ1) is 15.1. The second-order valence-corrected chi connectivity index (χ2v) is 7.76. The Morgan fingerprint density at radius 3 is 2.66 bits per heavy atom. The van der Waals surface area contributed by atoms with Crippen LogP contribution in [-0.4, -0.2) is 35.6 Å². The Bertz CT molecular complexity index is 969. The molecule has 10 heteroatoms. The van der Waals surface area contributed by atoms with Gasteiger partial charge in [-0.15, -0.1) is 0 Å². The summed E-state index contributed by atoms with van der Waals surface area (Å²) in [6.07, 6.45) is -3.10. The summed E-state index contributed by atoms with van der Waals surface area (Å²) in [7, 11) is 1.41. The van der Waals surface area contributed by atoms with Gasteiger partial charge in [0, 0.05) is 30.6 Å². The standard InChI is InChI=1S/C22H23F4N3O3/c1-32-15-6-5-14(16(23)12-15)13-21(10-8-19(31)29-21)9-7-18(30)28-20(22(24,25)26)17-4-2-3-11-27-17/h2-6,11-12,20H,7-10,13H2,1H3,(H,28,30)(H,29,31)/t20-,21+/m1/s1. The van der Waals surface area contributed by atoms with Crippen LogP contribution in [0.1, 0.15) is 43.0 Å². The molecule has 0 aliphatic carbocycles. The zero-order valence-electron chi connectivity index (χ0n) is 17.3. The molecule has 1 fully saturated rings. The lowest BCUT2D eigenvalue weighted by Crippen LogP contribution is -2.45. The molecule has 1 aliphatic heterocycles. The van der Waals surface area contributed by atoms with Crippen molar-refractivity contribution in [3.8, 4) is 5.75 Å². The number of methoxy groups -OCH3 is 1. The van der Waals surface area contributed by atoms with Crippen LogP contribution in [0.4, 0.5) is 17.6 Å². The Kier molecular flexibility index (Phi) is 7.00. The van der Waals surface area contributed by atoms with Crippen molar-refractivity contribution in [2.24, 2.45) is 0 Å². The van der Waals surface area contributed by atoms with E-state index in [-0.39, 0.29) is 37.3 Å². The summed E-state index contributed by atoms with van der Waals surface area (Å²) < 4.78 is 59.8. The first-order valence-electron chi connectivity index (χ1n) is 10.0. The average Bonchev–Trinajstić information content (AvgIpc) is 3.12. The lowest BCUT2D eigenvalue weighted by molar-refractivity contribution is -0.164. The largest absolute Gasteiger partial charge is 0.497 e. The van der Waals surface area contributed by atoms with Crippen LogP contribution in [0.25, 0.3) is 0 Å². The van der Waals surface area contributed by atoms with Gasteiger partial charge in [-0.3, -0.25) is 14.6 Å². The number of hydrogen-bond acceptors (Lipinski definition) is 4. The average molecular weight is 453 g/mol. The highest BCUT2D eigenvalue weighted by Crippen LogP contribution is 2.33. The summed E-state index contributed by atoms with van der Waals surface area (Å²) in [5, 5.41) is 4.78. The third-order valence-electron chi connectivity index (χ3n) is 5.47. The molecule has 1 aromatic heterocycles. The molecule has 32 heavy (non-hydrogen) atoms. The monoisotopic (exact) mass is 453 g/mol. The van der Waals surface area contributed by atoms with E-state index >= 15 is 0 Å². The number of pyridine rings is 1. The van der Waals surface area contributed by atoms with Gasteiger partial charge in [-0.05, 0) is 43.0 Å². The molecule has 1 aromatic carbocycles. The fraction of sp³-hybridized carbons (Fsp3) is 0.409. The van der Waals surface area contributed by atoms with Gasteiger partial charge in [0.05, 0.1) is 12.8 Å². The van der Waals surface area contributed by atoms with Crippen LogP contribution in [0.2, 0.25) is 0 Å². The quantitative estimate of drug-likeness (QED) is 0.599. The van der Waals surface area contributed by atoms with Gasteiger partial charge in [-0.1, -0.05) is 12.1 Å². The number of hydrogen-bond donors (Lipinski definition) is 2. The molecule has 0 radical (unpaired) electrons. The summed E-state index contributed by atoms with van der Waals surface area (Å²) in [4.78, 5) is 28.0. The van der Waals surface area contributed by atoms with Gasteiger partial charge in [-0.2, -0.15) is 13.2 Å². The molecule has 0 spiro atoms. The summed E-state index contributed by atoms with van der Waals surface area (Å²) in [5.41, 5.74) is -0.935.